The zero-order chi connectivity index (χ0) is 13.6. The van der Waals surface area contributed by atoms with Crippen LogP contribution in [0.25, 0.3) is 0 Å². The number of amides is 2. The minimum Gasteiger partial charge on any atom is -0.324 e. The summed E-state index contributed by atoms with van der Waals surface area (Å²) in [6.45, 7) is 2.28. The molecule has 1 aromatic carbocycles. The number of nitrogens with two attached hydrogens (primary N) is 1. The van der Waals surface area contributed by atoms with Gasteiger partial charge in [0.15, 0.2) is 0 Å². The van der Waals surface area contributed by atoms with Gasteiger partial charge in [0, 0.05) is 24.8 Å². The van der Waals surface area contributed by atoms with Gasteiger partial charge >= 0.3 is 0 Å². The number of rotatable bonds is 2. The van der Waals surface area contributed by atoms with Crippen LogP contribution in [0.5, 0.6) is 0 Å². The molecule has 0 spiro atoms. The average Bonchev–Trinajstić information content (AvgIpc) is 2.98. The molecule has 2 aliphatic rings. The van der Waals surface area contributed by atoms with E-state index in [4.69, 9.17) is 5.73 Å². The molecule has 0 aromatic heterocycles. The normalized spacial score (nSPS) is 18.0. The standard InChI is InChI=1S/C14H17N3O2.ClH/c1-9(18)17-7-4-10-8-11(2-3-12(10)17)16-13(19)14(15)5-6-14;/h2-3,8H,4-7,15H2,1H3,(H,16,19);1H. The van der Waals surface area contributed by atoms with E-state index in [9.17, 15) is 9.59 Å². The molecule has 0 radical (unpaired) electrons. The third-order valence-electron chi connectivity index (χ3n) is 3.85. The van der Waals surface area contributed by atoms with Gasteiger partial charge in [-0.3, -0.25) is 9.59 Å². The van der Waals surface area contributed by atoms with E-state index in [1.165, 1.54) is 0 Å². The number of halogens is 1. The van der Waals surface area contributed by atoms with Gasteiger partial charge in [-0.1, -0.05) is 0 Å². The van der Waals surface area contributed by atoms with Gasteiger partial charge in [-0.2, -0.15) is 0 Å². The number of hydrogen-bond acceptors (Lipinski definition) is 3. The van der Waals surface area contributed by atoms with Crippen LogP contribution >= 0.6 is 12.4 Å². The number of carbonyl (C=O) groups is 2. The maximum Gasteiger partial charge on any atom is 0.244 e. The zero-order valence-corrected chi connectivity index (χ0v) is 12.1. The lowest BCUT2D eigenvalue weighted by Gasteiger charge is -2.15. The molecule has 0 saturated heterocycles. The summed E-state index contributed by atoms with van der Waals surface area (Å²) >= 11 is 0. The fourth-order valence-corrected chi connectivity index (χ4v) is 2.42. The molecule has 1 aromatic rings. The van der Waals surface area contributed by atoms with Crippen molar-refractivity contribution in [3.8, 4) is 0 Å². The lowest BCUT2D eigenvalue weighted by Crippen LogP contribution is -2.37. The highest BCUT2D eigenvalue weighted by Crippen LogP contribution is 2.34. The van der Waals surface area contributed by atoms with Gasteiger partial charge in [-0.15, -0.1) is 12.4 Å². The first-order valence-electron chi connectivity index (χ1n) is 6.51. The summed E-state index contributed by atoms with van der Waals surface area (Å²) in [5.41, 5.74) is 7.98. The lowest BCUT2D eigenvalue weighted by atomic mass is 10.1. The van der Waals surface area contributed by atoms with E-state index in [1.807, 2.05) is 18.2 Å². The molecule has 3 N–H and O–H groups in total. The number of fused-ring (bicyclic) bond motifs is 1. The third kappa shape index (κ3) is 2.51. The van der Waals surface area contributed by atoms with Crippen LogP contribution in [0.2, 0.25) is 0 Å². The van der Waals surface area contributed by atoms with Crippen molar-refractivity contribution in [2.75, 3.05) is 16.8 Å². The summed E-state index contributed by atoms with van der Waals surface area (Å²) in [6, 6.07) is 5.64. The Balaban J connectivity index is 0.00000147. The van der Waals surface area contributed by atoms with Crippen LogP contribution in [0, 0.1) is 0 Å². The van der Waals surface area contributed by atoms with Gasteiger partial charge < -0.3 is 16.0 Å². The molecule has 1 fully saturated rings. The Labute approximate surface area is 123 Å². The molecule has 3 rings (SSSR count). The molecule has 0 atom stereocenters. The molecular formula is C14H18ClN3O2. The highest BCUT2D eigenvalue weighted by Gasteiger charge is 2.46. The Morgan fingerprint density at radius 1 is 1.35 bits per heavy atom. The minimum absolute atomic E-state index is 0. The van der Waals surface area contributed by atoms with Crippen molar-refractivity contribution < 1.29 is 9.59 Å². The first-order valence-corrected chi connectivity index (χ1v) is 6.51. The molecule has 2 amide bonds. The third-order valence-corrected chi connectivity index (χ3v) is 3.85. The van der Waals surface area contributed by atoms with E-state index >= 15 is 0 Å². The molecule has 1 heterocycles. The Morgan fingerprint density at radius 2 is 2.05 bits per heavy atom. The van der Waals surface area contributed by atoms with Crippen molar-refractivity contribution in [1.29, 1.82) is 0 Å². The Kier molecular flexibility index (Phi) is 3.75. The van der Waals surface area contributed by atoms with Crippen LogP contribution in [0.15, 0.2) is 18.2 Å². The quantitative estimate of drug-likeness (QED) is 0.867. The Hall–Kier alpha value is -1.59. The predicted molar refractivity (Wildman–Crippen MR) is 80.2 cm³/mol. The number of anilines is 2. The molecule has 5 nitrogen and oxygen atoms in total. The Morgan fingerprint density at radius 3 is 2.65 bits per heavy atom. The monoisotopic (exact) mass is 295 g/mol. The van der Waals surface area contributed by atoms with Crippen molar-refractivity contribution in [2.45, 2.75) is 31.7 Å². The van der Waals surface area contributed by atoms with E-state index in [-0.39, 0.29) is 24.2 Å². The van der Waals surface area contributed by atoms with Crippen molar-refractivity contribution in [2.24, 2.45) is 5.73 Å². The van der Waals surface area contributed by atoms with Gasteiger partial charge in [-0.05, 0) is 43.0 Å². The highest BCUT2D eigenvalue weighted by atomic mass is 35.5. The predicted octanol–water partition coefficient (Wildman–Crippen LogP) is 1.45. The molecule has 1 aliphatic carbocycles. The molecule has 0 unspecified atom stereocenters. The first-order chi connectivity index (χ1) is 8.99. The molecule has 20 heavy (non-hydrogen) atoms. The SMILES string of the molecule is CC(=O)N1CCc2cc(NC(=O)C3(N)CC3)ccc21.Cl. The van der Waals surface area contributed by atoms with Crippen LogP contribution in [-0.2, 0) is 16.0 Å². The van der Waals surface area contributed by atoms with Gasteiger partial charge in [0.05, 0.1) is 5.54 Å². The van der Waals surface area contributed by atoms with E-state index in [0.29, 0.717) is 6.54 Å². The minimum atomic E-state index is -0.662. The van der Waals surface area contributed by atoms with Crippen LogP contribution in [0.1, 0.15) is 25.3 Å². The molecule has 1 aliphatic heterocycles. The van der Waals surface area contributed by atoms with E-state index in [1.54, 1.807) is 11.8 Å². The Bertz CT molecular complexity index is 570. The second-order valence-electron chi connectivity index (χ2n) is 5.37. The van der Waals surface area contributed by atoms with Crippen LogP contribution in [0.3, 0.4) is 0 Å². The van der Waals surface area contributed by atoms with E-state index in [2.05, 4.69) is 5.32 Å². The molecule has 6 heteroatoms. The van der Waals surface area contributed by atoms with E-state index in [0.717, 1.165) is 36.2 Å². The summed E-state index contributed by atoms with van der Waals surface area (Å²) < 4.78 is 0. The van der Waals surface area contributed by atoms with Crippen molar-refractivity contribution >= 4 is 35.6 Å². The van der Waals surface area contributed by atoms with Crippen LogP contribution in [0.4, 0.5) is 11.4 Å². The number of nitrogens with one attached hydrogen (secondary N) is 1. The van der Waals surface area contributed by atoms with Crippen molar-refractivity contribution in [1.82, 2.24) is 0 Å². The maximum absolute atomic E-state index is 11.9. The van der Waals surface area contributed by atoms with Crippen molar-refractivity contribution in [3.63, 3.8) is 0 Å². The highest BCUT2D eigenvalue weighted by molar-refractivity contribution is 6.00. The first kappa shape index (κ1) is 14.8. The van der Waals surface area contributed by atoms with E-state index < -0.39 is 5.54 Å². The summed E-state index contributed by atoms with van der Waals surface area (Å²) in [4.78, 5) is 25.1. The smallest absolute Gasteiger partial charge is 0.244 e. The van der Waals surface area contributed by atoms with Gasteiger partial charge in [0.25, 0.3) is 0 Å². The topological polar surface area (TPSA) is 75.4 Å². The van der Waals surface area contributed by atoms with Crippen LogP contribution < -0.4 is 16.0 Å². The molecule has 1 saturated carbocycles. The summed E-state index contributed by atoms with van der Waals surface area (Å²) in [5.74, 6) is -0.0664. The largest absolute Gasteiger partial charge is 0.324 e. The summed E-state index contributed by atoms with van der Waals surface area (Å²) in [7, 11) is 0. The van der Waals surface area contributed by atoms with Crippen molar-refractivity contribution in [3.05, 3.63) is 23.8 Å². The summed E-state index contributed by atoms with van der Waals surface area (Å²) in [5, 5.41) is 2.85. The second-order valence-corrected chi connectivity index (χ2v) is 5.37. The number of nitrogens with zero attached hydrogens (tertiary/aromatic N) is 1. The molecular weight excluding hydrogens is 278 g/mol. The fraction of sp³-hybridized carbons (Fsp3) is 0.429. The molecule has 0 bridgehead atoms. The van der Waals surface area contributed by atoms with Gasteiger partial charge in [0.1, 0.15) is 0 Å². The van der Waals surface area contributed by atoms with Gasteiger partial charge in [-0.25, -0.2) is 0 Å². The maximum atomic E-state index is 11.9. The second kappa shape index (κ2) is 5.07. The van der Waals surface area contributed by atoms with Crippen LogP contribution in [-0.4, -0.2) is 23.9 Å². The average molecular weight is 296 g/mol. The number of carbonyl (C=O) groups excluding carboxylic acids is 2. The number of hydrogen-bond donors (Lipinski definition) is 2. The van der Waals surface area contributed by atoms with Gasteiger partial charge in [0.2, 0.25) is 11.8 Å². The summed E-state index contributed by atoms with van der Waals surface area (Å²) in [6.07, 6.45) is 2.33. The lowest BCUT2D eigenvalue weighted by molar-refractivity contribution is -0.118. The fourth-order valence-electron chi connectivity index (χ4n) is 2.42. The molecule has 108 valence electrons. The number of benzene rings is 1. The zero-order valence-electron chi connectivity index (χ0n) is 11.3.